The van der Waals surface area contributed by atoms with Crippen LogP contribution in [0.5, 0.6) is 5.75 Å². The third-order valence-corrected chi connectivity index (χ3v) is 14.4. The molecule has 2 aromatic rings. The SMILES string of the molecule is CC(=O)N[C@@H](CCC(=O)O)C(=O)N[C@H](C(=O)N[C@@H](CC(N)=O)C(=O)N[C@@H](CC(C)C)[C@@H](O)C[C@@H](C)C(=O)N[C@H](C(=O)N[C@@H](Cc1ccccc1)C(=O)N[C@@H](Cc1ccc(O)cc1)C(=O)N[C@@H](C)C(=O)N[C@@H](CCC(=O)O)C(=O)N[C@@H](CC(=O)O)C(N)=O)C(C)C)C(C)C. The summed E-state index contributed by atoms with van der Waals surface area (Å²) < 4.78 is 0. The van der Waals surface area contributed by atoms with Gasteiger partial charge in [-0.3, -0.25) is 71.9 Å². The van der Waals surface area contributed by atoms with E-state index in [1.807, 2.05) is 0 Å². The number of phenolic OH excluding ortho intramolecular Hbond substituents is 1. The van der Waals surface area contributed by atoms with Crippen molar-refractivity contribution in [3.8, 4) is 5.75 Å². The Kier molecular flexibility index (Phi) is 33.1. The van der Waals surface area contributed by atoms with Crippen molar-refractivity contribution in [1.29, 1.82) is 0 Å². The van der Waals surface area contributed by atoms with Gasteiger partial charge in [0.1, 0.15) is 60.1 Å². The predicted molar refractivity (Wildman–Crippen MR) is 331 cm³/mol. The zero-order valence-electron chi connectivity index (χ0n) is 53.4. The zero-order chi connectivity index (χ0) is 70.6. The number of aromatic hydroxyl groups is 1. The molecule has 2 aromatic carbocycles. The molecular formula is C61H90N12O20. The van der Waals surface area contributed by atoms with Crippen LogP contribution in [0.15, 0.2) is 54.6 Å². The number of nitrogens with two attached hydrogens (primary N) is 2. The number of nitrogens with one attached hydrogen (secondary N) is 10. The highest BCUT2D eigenvalue weighted by molar-refractivity contribution is 5.99. The number of rotatable bonds is 41. The molecule has 19 N–H and O–H groups in total. The molecule has 32 nitrogen and oxygen atoms in total. The number of phenols is 1. The molecule has 0 saturated heterocycles. The van der Waals surface area contributed by atoms with Crippen LogP contribution in [0.3, 0.4) is 0 Å². The maximum Gasteiger partial charge on any atom is 0.305 e. The Morgan fingerprint density at radius 3 is 1.31 bits per heavy atom. The largest absolute Gasteiger partial charge is 0.508 e. The molecule has 32 heteroatoms. The highest BCUT2D eigenvalue weighted by atomic mass is 16.4. The van der Waals surface area contributed by atoms with Gasteiger partial charge in [0.25, 0.3) is 0 Å². The second-order valence-electron chi connectivity index (χ2n) is 23.8. The van der Waals surface area contributed by atoms with E-state index >= 15 is 0 Å². The van der Waals surface area contributed by atoms with Gasteiger partial charge < -0.3 is 90.2 Å². The van der Waals surface area contributed by atoms with Crippen molar-refractivity contribution < 1.29 is 97.5 Å². The molecule has 0 bridgehead atoms. The van der Waals surface area contributed by atoms with Crippen LogP contribution in [0.4, 0.5) is 0 Å². The van der Waals surface area contributed by atoms with Crippen LogP contribution in [0.2, 0.25) is 0 Å². The van der Waals surface area contributed by atoms with E-state index < -0.39 is 205 Å². The van der Waals surface area contributed by atoms with Gasteiger partial charge in [0.2, 0.25) is 70.9 Å². The number of hydrogen-bond donors (Lipinski definition) is 17. The van der Waals surface area contributed by atoms with Gasteiger partial charge in [-0.25, -0.2) is 0 Å². The first-order valence-electron chi connectivity index (χ1n) is 30.1. The predicted octanol–water partition coefficient (Wildman–Crippen LogP) is -2.62. The van der Waals surface area contributed by atoms with E-state index in [9.17, 15) is 97.5 Å². The lowest BCUT2D eigenvalue weighted by Gasteiger charge is -2.31. The van der Waals surface area contributed by atoms with Crippen molar-refractivity contribution >= 4 is 88.8 Å². The molecule has 514 valence electrons. The molecular weight excluding hydrogens is 1220 g/mol. The first-order chi connectivity index (χ1) is 43.4. The molecule has 0 aromatic heterocycles. The molecule has 0 radical (unpaired) electrons. The van der Waals surface area contributed by atoms with Crippen LogP contribution >= 0.6 is 0 Å². The molecule has 0 heterocycles. The van der Waals surface area contributed by atoms with Crippen LogP contribution in [0.1, 0.15) is 125 Å². The number of carboxylic acids is 3. The Morgan fingerprint density at radius 1 is 0.430 bits per heavy atom. The fourth-order valence-electron chi connectivity index (χ4n) is 9.36. The first-order valence-corrected chi connectivity index (χ1v) is 30.1. The molecule has 0 aliphatic rings. The molecule has 0 fully saturated rings. The van der Waals surface area contributed by atoms with E-state index in [2.05, 4.69) is 53.2 Å². The number of primary amides is 2. The van der Waals surface area contributed by atoms with Crippen molar-refractivity contribution in [3.63, 3.8) is 0 Å². The molecule has 2 rings (SSSR count). The van der Waals surface area contributed by atoms with Gasteiger partial charge in [-0.1, -0.05) is 90.9 Å². The summed E-state index contributed by atoms with van der Waals surface area (Å²) in [5.41, 5.74) is 11.6. The van der Waals surface area contributed by atoms with Crippen molar-refractivity contribution in [2.75, 3.05) is 0 Å². The minimum absolute atomic E-state index is 0.0916. The maximum absolute atomic E-state index is 14.6. The monoisotopic (exact) mass is 1310 g/mol. The number of benzene rings is 2. The number of aliphatic carboxylic acids is 3. The van der Waals surface area contributed by atoms with E-state index in [1.54, 1.807) is 71.9 Å². The third-order valence-electron chi connectivity index (χ3n) is 14.4. The molecule has 0 unspecified atom stereocenters. The average Bonchev–Trinajstić information content (AvgIpc) is 0.946. The van der Waals surface area contributed by atoms with Gasteiger partial charge >= 0.3 is 17.9 Å². The van der Waals surface area contributed by atoms with Gasteiger partial charge in [-0.05, 0) is 73.6 Å². The molecule has 0 spiro atoms. The second-order valence-corrected chi connectivity index (χ2v) is 23.8. The minimum Gasteiger partial charge on any atom is -0.508 e. The number of aliphatic hydroxyl groups excluding tert-OH is 1. The quantitative estimate of drug-likeness (QED) is 0.0324. The van der Waals surface area contributed by atoms with Gasteiger partial charge in [-0.15, -0.1) is 0 Å². The third kappa shape index (κ3) is 29.4. The van der Waals surface area contributed by atoms with Crippen LogP contribution in [0.25, 0.3) is 0 Å². The molecule has 0 aliphatic heterocycles. The Labute approximate surface area is 537 Å². The van der Waals surface area contributed by atoms with Crippen molar-refractivity contribution in [2.45, 2.75) is 193 Å². The van der Waals surface area contributed by atoms with Crippen LogP contribution < -0.4 is 64.6 Å². The smallest absolute Gasteiger partial charge is 0.305 e. The fraction of sp³-hybridized carbons (Fsp3) is 0.557. The van der Waals surface area contributed by atoms with E-state index in [1.165, 1.54) is 38.1 Å². The van der Waals surface area contributed by atoms with Crippen LogP contribution in [-0.4, -0.2) is 181 Å². The maximum atomic E-state index is 14.6. The number of hydrogen-bond acceptors (Lipinski definition) is 17. The Morgan fingerprint density at radius 2 is 0.849 bits per heavy atom. The fourth-order valence-corrected chi connectivity index (χ4v) is 9.36. The summed E-state index contributed by atoms with van der Waals surface area (Å²) >= 11 is 0. The highest BCUT2D eigenvalue weighted by Gasteiger charge is 2.38. The van der Waals surface area contributed by atoms with Crippen molar-refractivity contribution in [3.05, 3.63) is 65.7 Å². The summed E-state index contributed by atoms with van der Waals surface area (Å²) in [6.45, 7) is 13.6. The molecule has 93 heavy (non-hydrogen) atoms. The normalized spacial score (nSPS) is 15.0. The van der Waals surface area contributed by atoms with Gasteiger partial charge in [0.15, 0.2) is 0 Å². The summed E-state index contributed by atoms with van der Waals surface area (Å²) in [7, 11) is 0. The second kappa shape index (κ2) is 38.8. The molecule has 0 aliphatic carbocycles. The van der Waals surface area contributed by atoms with E-state index in [0.717, 1.165) is 6.92 Å². The van der Waals surface area contributed by atoms with Crippen molar-refractivity contribution in [1.82, 2.24) is 53.2 Å². The number of aliphatic hydroxyl groups is 1. The number of amides is 12. The number of carboxylic acid groups (broad SMARTS) is 3. The van der Waals surface area contributed by atoms with Gasteiger partial charge in [0, 0.05) is 38.5 Å². The van der Waals surface area contributed by atoms with Gasteiger partial charge in [0.05, 0.1) is 25.0 Å². The lowest BCUT2D eigenvalue weighted by Crippen LogP contribution is -2.60. The standard InChI is InChI=1S/C61H90N12O20/c1-29(2)23-40(67-59(91)44(27-46(62)77)71-61(93)51(31(5)6)73-56(88)38(65-34(9)74)19-21-47(78)79)45(76)24-32(7)53(85)72-50(30(3)4)60(92)70-43(25-35-13-11-10-12-14-35)58(90)69-42(26-36-15-17-37(75)18-16-36)57(89)64-33(8)54(86)66-39(20-22-48(80)81)55(87)68-41(52(63)84)28-49(82)83/h10-18,29-33,38-45,50-51,75-76H,19-28H2,1-9H3,(H2,62,77)(H2,63,84)(H,64,89)(H,65,74)(H,66,86)(H,67,91)(H,68,87)(H,69,90)(H,70,92)(H,71,93)(H,72,85)(H,73,88)(H,78,79)(H,80,81)(H,82,83)/t32-,33+,38+,39+,40+,41+,42+,43+,44+,45+,50+,51+/m1/s1. The van der Waals surface area contributed by atoms with E-state index in [-0.39, 0.29) is 43.8 Å². The minimum atomic E-state index is -1.75. The first kappa shape index (κ1) is 79.3. The number of carbonyl (C=O) groups is 15. The molecule has 12 atom stereocenters. The average molecular weight is 1310 g/mol. The zero-order valence-corrected chi connectivity index (χ0v) is 53.4. The van der Waals surface area contributed by atoms with Crippen LogP contribution in [-0.2, 0) is 84.8 Å². The summed E-state index contributed by atoms with van der Waals surface area (Å²) in [6, 6.07) is -1.06. The molecule has 12 amide bonds. The summed E-state index contributed by atoms with van der Waals surface area (Å²) in [5, 5.41) is 74.1. The Balaban J connectivity index is 2.43. The number of carbonyl (C=O) groups excluding carboxylic acids is 12. The summed E-state index contributed by atoms with van der Waals surface area (Å²) in [5.74, 6) is -18.5. The lowest BCUT2D eigenvalue weighted by molar-refractivity contribution is -0.141. The van der Waals surface area contributed by atoms with Crippen molar-refractivity contribution in [2.24, 2.45) is 35.1 Å². The topological polar surface area (TPSA) is 530 Å². The summed E-state index contributed by atoms with van der Waals surface area (Å²) in [6.07, 6.45) is -5.96. The lowest BCUT2D eigenvalue weighted by atomic mass is 9.91. The van der Waals surface area contributed by atoms with E-state index in [4.69, 9.17) is 11.5 Å². The van der Waals surface area contributed by atoms with E-state index in [0.29, 0.717) is 11.1 Å². The van der Waals surface area contributed by atoms with Gasteiger partial charge in [-0.2, -0.15) is 0 Å². The summed E-state index contributed by atoms with van der Waals surface area (Å²) in [4.78, 5) is 195. The highest BCUT2D eigenvalue weighted by Crippen LogP contribution is 2.19. The van der Waals surface area contributed by atoms with Crippen LogP contribution in [0, 0.1) is 23.7 Å². The Bertz CT molecular complexity index is 2960. The Hall–Kier alpha value is -9.75. The molecule has 0 saturated carbocycles.